The molecule has 34 heavy (non-hydrogen) atoms. The monoisotopic (exact) mass is 450 g/mol. The number of rotatable bonds is 8. The van der Waals surface area contributed by atoms with Crippen LogP contribution in [-0.2, 0) is 11.4 Å². The second kappa shape index (κ2) is 10.9. The van der Waals surface area contributed by atoms with Crippen LogP contribution >= 0.6 is 0 Å². The van der Waals surface area contributed by atoms with E-state index in [1.165, 1.54) is 6.08 Å². The molecule has 0 atom stereocenters. The minimum atomic E-state index is -0.206. The fourth-order valence-corrected chi connectivity index (χ4v) is 3.32. The van der Waals surface area contributed by atoms with Crippen LogP contribution in [0, 0.1) is 13.8 Å². The van der Waals surface area contributed by atoms with Crippen molar-refractivity contribution in [1.29, 1.82) is 0 Å². The third-order valence-electron chi connectivity index (χ3n) is 4.95. The van der Waals surface area contributed by atoms with E-state index in [4.69, 9.17) is 4.74 Å². The number of benzene rings is 3. The van der Waals surface area contributed by atoms with Crippen LogP contribution < -0.4 is 15.4 Å². The van der Waals surface area contributed by atoms with Gasteiger partial charge in [-0.3, -0.25) is 4.79 Å². The lowest BCUT2D eigenvalue weighted by atomic mass is 10.2. The Bertz CT molecular complexity index is 1250. The van der Waals surface area contributed by atoms with Crippen LogP contribution in [-0.4, -0.2) is 15.9 Å². The van der Waals surface area contributed by atoms with Crippen LogP contribution in [0.2, 0.25) is 0 Å². The number of aromatic nitrogens is 2. The zero-order chi connectivity index (χ0) is 23.8. The van der Waals surface area contributed by atoms with Crippen molar-refractivity contribution in [1.82, 2.24) is 9.97 Å². The average molecular weight is 451 g/mol. The molecule has 1 heterocycles. The fraction of sp³-hybridized carbons (Fsp3) is 0.107. The first-order valence-corrected chi connectivity index (χ1v) is 11.0. The standard InChI is InChI=1S/C28H26N4O2/c1-20-18-21(2)30-28(29-20)32-25-13-11-24(12-14-25)31-27(33)17-10-22-8-15-26(16-9-22)34-19-23-6-4-3-5-7-23/h3-18H,19H2,1-2H3,(H,31,33)(H,29,30,32)/b17-10+. The quantitative estimate of drug-likeness (QED) is 0.319. The molecule has 0 aliphatic carbocycles. The van der Waals surface area contributed by atoms with Crippen molar-refractivity contribution in [2.24, 2.45) is 0 Å². The first kappa shape index (κ1) is 22.7. The van der Waals surface area contributed by atoms with Gasteiger partial charge in [-0.2, -0.15) is 0 Å². The van der Waals surface area contributed by atoms with Gasteiger partial charge in [0.15, 0.2) is 0 Å². The molecule has 0 fully saturated rings. The Hall–Kier alpha value is -4.45. The number of carbonyl (C=O) groups excluding carboxylic acids is 1. The molecule has 0 spiro atoms. The summed E-state index contributed by atoms with van der Waals surface area (Å²) in [5.41, 5.74) is 5.38. The number of hydrogen-bond donors (Lipinski definition) is 2. The highest BCUT2D eigenvalue weighted by molar-refractivity contribution is 6.02. The van der Waals surface area contributed by atoms with E-state index in [1.54, 1.807) is 6.08 Å². The molecular formula is C28H26N4O2. The van der Waals surface area contributed by atoms with Crippen molar-refractivity contribution in [3.63, 3.8) is 0 Å². The molecule has 1 amide bonds. The molecule has 0 saturated heterocycles. The average Bonchev–Trinajstić information content (AvgIpc) is 2.83. The first-order valence-electron chi connectivity index (χ1n) is 11.0. The number of nitrogens with one attached hydrogen (secondary N) is 2. The third-order valence-corrected chi connectivity index (χ3v) is 4.95. The lowest BCUT2D eigenvalue weighted by Crippen LogP contribution is -2.07. The molecule has 4 rings (SSSR count). The Morgan fingerprint density at radius 1 is 0.853 bits per heavy atom. The van der Waals surface area contributed by atoms with E-state index < -0.39 is 0 Å². The van der Waals surface area contributed by atoms with Crippen molar-refractivity contribution >= 4 is 29.3 Å². The Morgan fingerprint density at radius 2 is 1.50 bits per heavy atom. The van der Waals surface area contributed by atoms with E-state index in [9.17, 15) is 4.79 Å². The Kier molecular flexibility index (Phi) is 7.30. The van der Waals surface area contributed by atoms with E-state index in [-0.39, 0.29) is 5.91 Å². The number of nitrogens with zero attached hydrogens (tertiary/aromatic N) is 2. The molecule has 0 aliphatic rings. The lowest BCUT2D eigenvalue weighted by Gasteiger charge is -2.08. The fourth-order valence-electron chi connectivity index (χ4n) is 3.32. The van der Waals surface area contributed by atoms with Crippen molar-refractivity contribution in [3.8, 4) is 5.75 Å². The SMILES string of the molecule is Cc1cc(C)nc(Nc2ccc(NC(=O)/C=C/c3ccc(OCc4ccccc4)cc3)cc2)n1. The van der Waals surface area contributed by atoms with E-state index in [0.717, 1.165) is 34.0 Å². The highest BCUT2D eigenvalue weighted by Crippen LogP contribution is 2.18. The largest absolute Gasteiger partial charge is 0.489 e. The van der Waals surface area contributed by atoms with Gasteiger partial charge in [0.25, 0.3) is 0 Å². The van der Waals surface area contributed by atoms with Gasteiger partial charge in [0.1, 0.15) is 12.4 Å². The molecule has 1 aromatic heterocycles. The van der Waals surface area contributed by atoms with E-state index >= 15 is 0 Å². The van der Waals surface area contributed by atoms with Crippen LogP contribution in [0.1, 0.15) is 22.5 Å². The number of hydrogen-bond acceptors (Lipinski definition) is 5. The van der Waals surface area contributed by atoms with Crippen LogP contribution in [0.5, 0.6) is 5.75 Å². The molecule has 0 unspecified atom stereocenters. The van der Waals surface area contributed by atoms with E-state index in [0.29, 0.717) is 18.2 Å². The molecule has 3 aromatic carbocycles. The van der Waals surface area contributed by atoms with Gasteiger partial charge in [0.05, 0.1) is 0 Å². The number of amides is 1. The predicted octanol–water partition coefficient (Wildman–Crippen LogP) is 6.07. The minimum absolute atomic E-state index is 0.206. The predicted molar refractivity (Wildman–Crippen MR) is 136 cm³/mol. The summed E-state index contributed by atoms with van der Waals surface area (Å²) in [6, 6.07) is 27.0. The van der Waals surface area contributed by atoms with Crippen molar-refractivity contribution in [2.75, 3.05) is 10.6 Å². The second-order valence-corrected chi connectivity index (χ2v) is 7.84. The maximum atomic E-state index is 12.3. The Labute approximate surface area is 199 Å². The zero-order valence-electron chi connectivity index (χ0n) is 19.2. The van der Waals surface area contributed by atoms with Gasteiger partial charge in [-0.15, -0.1) is 0 Å². The molecule has 6 heteroatoms. The summed E-state index contributed by atoms with van der Waals surface area (Å²) in [6.45, 7) is 4.38. The summed E-state index contributed by atoms with van der Waals surface area (Å²) in [5.74, 6) is 1.13. The molecule has 0 saturated carbocycles. The summed E-state index contributed by atoms with van der Waals surface area (Å²) in [6.07, 6.45) is 3.28. The van der Waals surface area contributed by atoms with Gasteiger partial charge < -0.3 is 15.4 Å². The molecule has 0 radical (unpaired) electrons. The molecule has 0 bridgehead atoms. The number of carbonyl (C=O) groups is 1. The van der Waals surface area contributed by atoms with Gasteiger partial charge >= 0.3 is 0 Å². The number of aryl methyl sites for hydroxylation is 2. The smallest absolute Gasteiger partial charge is 0.248 e. The maximum absolute atomic E-state index is 12.3. The van der Waals surface area contributed by atoms with Crippen LogP contribution in [0.4, 0.5) is 17.3 Å². The zero-order valence-corrected chi connectivity index (χ0v) is 19.2. The number of ether oxygens (including phenoxy) is 1. The molecular weight excluding hydrogens is 424 g/mol. The second-order valence-electron chi connectivity index (χ2n) is 7.84. The molecule has 2 N–H and O–H groups in total. The lowest BCUT2D eigenvalue weighted by molar-refractivity contribution is -0.111. The van der Waals surface area contributed by atoms with Crippen LogP contribution in [0.15, 0.2) is 91.0 Å². The van der Waals surface area contributed by atoms with E-state index in [1.807, 2.05) is 98.8 Å². The Morgan fingerprint density at radius 3 is 2.18 bits per heavy atom. The minimum Gasteiger partial charge on any atom is -0.489 e. The van der Waals surface area contributed by atoms with Crippen molar-refractivity contribution < 1.29 is 9.53 Å². The van der Waals surface area contributed by atoms with Crippen LogP contribution in [0.25, 0.3) is 6.08 Å². The molecule has 0 aliphatic heterocycles. The van der Waals surface area contributed by atoms with Gasteiger partial charge in [0, 0.05) is 28.8 Å². The van der Waals surface area contributed by atoms with Gasteiger partial charge in [-0.25, -0.2) is 9.97 Å². The Balaban J connectivity index is 1.27. The highest BCUT2D eigenvalue weighted by atomic mass is 16.5. The van der Waals surface area contributed by atoms with Crippen molar-refractivity contribution in [3.05, 3.63) is 114 Å². The normalized spacial score (nSPS) is 10.8. The summed E-state index contributed by atoms with van der Waals surface area (Å²) < 4.78 is 5.79. The van der Waals surface area contributed by atoms with Gasteiger partial charge in [-0.1, -0.05) is 42.5 Å². The molecule has 6 nitrogen and oxygen atoms in total. The first-order chi connectivity index (χ1) is 16.5. The highest BCUT2D eigenvalue weighted by Gasteiger charge is 2.02. The topological polar surface area (TPSA) is 76.1 Å². The van der Waals surface area contributed by atoms with Crippen LogP contribution in [0.3, 0.4) is 0 Å². The maximum Gasteiger partial charge on any atom is 0.248 e. The number of anilines is 3. The summed E-state index contributed by atoms with van der Waals surface area (Å²) in [5, 5.41) is 6.04. The summed E-state index contributed by atoms with van der Waals surface area (Å²) >= 11 is 0. The summed E-state index contributed by atoms with van der Waals surface area (Å²) in [4.78, 5) is 21.1. The van der Waals surface area contributed by atoms with E-state index in [2.05, 4.69) is 20.6 Å². The molecule has 4 aromatic rings. The van der Waals surface area contributed by atoms with Crippen molar-refractivity contribution in [2.45, 2.75) is 20.5 Å². The summed E-state index contributed by atoms with van der Waals surface area (Å²) in [7, 11) is 0. The molecule has 170 valence electrons. The van der Waals surface area contributed by atoms with Gasteiger partial charge in [0.2, 0.25) is 11.9 Å². The third kappa shape index (κ3) is 6.77. The van der Waals surface area contributed by atoms with Gasteiger partial charge in [-0.05, 0) is 73.5 Å².